The van der Waals surface area contributed by atoms with Crippen LogP contribution in [0.1, 0.15) is 18.3 Å². The van der Waals surface area contributed by atoms with E-state index in [4.69, 9.17) is 4.74 Å². The lowest BCUT2D eigenvalue weighted by Crippen LogP contribution is -2.08. The van der Waals surface area contributed by atoms with Crippen LogP contribution < -0.4 is 4.74 Å². The molecule has 0 bridgehead atoms. The van der Waals surface area contributed by atoms with Gasteiger partial charge in [-0.1, -0.05) is 15.9 Å². The molecule has 0 spiro atoms. The average Bonchev–Trinajstić information content (AvgIpc) is 2.85. The predicted molar refractivity (Wildman–Crippen MR) is 69.0 cm³/mol. The lowest BCUT2D eigenvalue weighted by atomic mass is 10.2. The highest BCUT2D eigenvalue weighted by atomic mass is 79.9. The Morgan fingerprint density at radius 1 is 1.32 bits per heavy atom. The van der Waals surface area contributed by atoms with Crippen molar-refractivity contribution in [2.75, 3.05) is 0 Å². The summed E-state index contributed by atoms with van der Waals surface area (Å²) >= 11 is 3.14. The van der Waals surface area contributed by atoms with Crippen molar-refractivity contribution in [2.24, 2.45) is 0 Å². The van der Waals surface area contributed by atoms with Crippen LogP contribution in [0, 0.1) is 11.6 Å². The lowest BCUT2D eigenvalue weighted by Gasteiger charge is -2.09. The number of benzene rings is 1. The van der Waals surface area contributed by atoms with Crippen LogP contribution in [0.2, 0.25) is 0 Å². The monoisotopic (exact) mass is 331 g/mol. The van der Waals surface area contributed by atoms with Gasteiger partial charge in [-0.05, 0) is 24.6 Å². The van der Waals surface area contributed by atoms with Gasteiger partial charge in [0.15, 0.2) is 23.2 Å². The number of aromatic nitrogens is 3. The van der Waals surface area contributed by atoms with Crippen LogP contribution in [0.3, 0.4) is 0 Å². The normalized spacial score (nSPS) is 10.7. The van der Waals surface area contributed by atoms with Crippen molar-refractivity contribution in [3.63, 3.8) is 0 Å². The van der Waals surface area contributed by atoms with E-state index in [0.29, 0.717) is 23.3 Å². The van der Waals surface area contributed by atoms with Crippen molar-refractivity contribution in [3.8, 4) is 5.75 Å². The number of halogens is 3. The van der Waals surface area contributed by atoms with Gasteiger partial charge in [0.25, 0.3) is 0 Å². The van der Waals surface area contributed by atoms with Gasteiger partial charge in [0.2, 0.25) is 0 Å². The van der Waals surface area contributed by atoms with Crippen molar-refractivity contribution in [1.82, 2.24) is 14.8 Å². The number of rotatable bonds is 5. The van der Waals surface area contributed by atoms with Crippen molar-refractivity contribution in [1.29, 1.82) is 0 Å². The van der Waals surface area contributed by atoms with Gasteiger partial charge in [-0.25, -0.2) is 18.4 Å². The third-order valence-corrected chi connectivity index (χ3v) is 3.20. The van der Waals surface area contributed by atoms with Gasteiger partial charge < -0.3 is 4.74 Å². The number of hydrogen-bond donors (Lipinski definition) is 0. The predicted octanol–water partition coefficient (Wildman–Crippen LogP) is 3.05. The van der Waals surface area contributed by atoms with Crippen molar-refractivity contribution in [2.45, 2.75) is 25.4 Å². The molecule has 2 aromatic rings. The van der Waals surface area contributed by atoms with Gasteiger partial charge in [-0.15, -0.1) is 0 Å². The SMILES string of the molecule is CCn1ncnc1COc1c(F)cc(CBr)cc1F. The maximum absolute atomic E-state index is 13.7. The molecule has 0 N–H and O–H groups in total. The molecular weight excluding hydrogens is 320 g/mol. The highest BCUT2D eigenvalue weighted by Crippen LogP contribution is 2.25. The molecule has 4 nitrogen and oxygen atoms in total. The highest BCUT2D eigenvalue weighted by molar-refractivity contribution is 9.08. The summed E-state index contributed by atoms with van der Waals surface area (Å²) in [5, 5.41) is 4.33. The molecule has 0 aliphatic heterocycles. The van der Waals surface area contributed by atoms with Crippen LogP contribution in [0.5, 0.6) is 5.75 Å². The first kappa shape index (κ1) is 13.9. The summed E-state index contributed by atoms with van der Waals surface area (Å²) in [7, 11) is 0. The Morgan fingerprint density at radius 3 is 2.58 bits per heavy atom. The molecule has 0 atom stereocenters. The highest BCUT2D eigenvalue weighted by Gasteiger charge is 2.14. The quantitative estimate of drug-likeness (QED) is 0.790. The van der Waals surface area contributed by atoms with Crippen LogP contribution in [-0.2, 0) is 18.5 Å². The zero-order chi connectivity index (χ0) is 13.8. The lowest BCUT2D eigenvalue weighted by molar-refractivity contribution is 0.259. The number of hydrogen-bond acceptors (Lipinski definition) is 3. The molecule has 1 heterocycles. The molecule has 102 valence electrons. The maximum atomic E-state index is 13.7. The molecule has 0 saturated heterocycles. The van der Waals surface area contributed by atoms with E-state index in [1.807, 2.05) is 6.92 Å². The van der Waals surface area contributed by atoms with Crippen LogP contribution in [0.25, 0.3) is 0 Å². The molecule has 0 unspecified atom stereocenters. The van der Waals surface area contributed by atoms with E-state index in [1.165, 1.54) is 18.5 Å². The van der Waals surface area contributed by atoms with Gasteiger partial charge in [0.1, 0.15) is 12.9 Å². The first-order valence-electron chi connectivity index (χ1n) is 5.69. The first-order valence-corrected chi connectivity index (χ1v) is 6.81. The Morgan fingerprint density at radius 2 is 2.00 bits per heavy atom. The zero-order valence-electron chi connectivity index (χ0n) is 10.2. The summed E-state index contributed by atoms with van der Waals surface area (Å²) in [5.41, 5.74) is 0.513. The molecule has 0 amide bonds. The van der Waals surface area contributed by atoms with E-state index in [-0.39, 0.29) is 6.61 Å². The minimum absolute atomic E-state index is 0.0324. The van der Waals surface area contributed by atoms with Crippen LogP contribution in [0.15, 0.2) is 18.5 Å². The fourth-order valence-electron chi connectivity index (χ4n) is 1.63. The molecular formula is C12H12BrF2N3O. The molecule has 7 heteroatoms. The molecule has 0 aliphatic rings. The van der Waals surface area contributed by atoms with Crippen molar-refractivity contribution in [3.05, 3.63) is 41.5 Å². The second-order valence-corrected chi connectivity index (χ2v) is 4.36. The fourth-order valence-corrected chi connectivity index (χ4v) is 1.95. The molecule has 0 radical (unpaired) electrons. The summed E-state index contributed by atoms with van der Waals surface area (Å²) in [5.74, 6) is -1.32. The van der Waals surface area contributed by atoms with E-state index in [2.05, 4.69) is 26.0 Å². The summed E-state index contributed by atoms with van der Waals surface area (Å²) in [6.07, 6.45) is 1.38. The minimum atomic E-state index is -0.725. The molecule has 19 heavy (non-hydrogen) atoms. The topological polar surface area (TPSA) is 39.9 Å². The number of alkyl halides is 1. The van der Waals surface area contributed by atoms with Gasteiger partial charge in [0, 0.05) is 11.9 Å². The molecule has 0 fully saturated rings. The smallest absolute Gasteiger partial charge is 0.191 e. The Balaban J connectivity index is 2.16. The maximum Gasteiger partial charge on any atom is 0.191 e. The summed E-state index contributed by atoms with van der Waals surface area (Å²) in [6, 6.07) is 2.47. The van der Waals surface area contributed by atoms with E-state index in [1.54, 1.807) is 4.68 Å². The number of nitrogens with zero attached hydrogens (tertiary/aromatic N) is 3. The van der Waals surface area contributed by atoms with E-state index in [9.17, 15) is 8.78 Å². The van der Waals surface area contributed by atoms with Crippen molar-refractivity contribution < 1.29 is 13.5 Å². The summed E-state index contributed by atoms with van der Waals surface area (Å²) < 4.78 is 34.1. The largest absolute Gasteiger partial charge is 0.479 e. The standard InChI is InChI=1S/C12H12BrF2N3O/c1-2-18-11(16-7-17-18)6-19-12-9(14)3-8(5-13)4-10(12)15/h3-4,7H,2,5-6H2,1H3. The van der Waals surface area contributed by atoms with Gasteiger partial charge in [-0.3, -0.25) is 0 Å². The molecule has 2 rings (SSSR count). The van der Waals surface area contributed by atoms with Crippen molar-refractivity contribution >= 4 is 15.9 Å². The summed E-state index contributed by atoms with van der Waals surface area (Å²) in [6.45, 7) is 2.48. The number of ether oxygens (including phenoxy) is 1. The minimum Gasteiger partial charge on any atom is -0.479 e. The van der Waals surface area contributed by atoms with Gasteiger partial charge >= 0.3 is 0 Å². The molecule has 1 aromatic heterocycles. The fraction of sp³-hybridized carbons (Fsp3) is 0.333. The third kappa shape index (κ3) is 3.09. The Bertz CT molecular complexity index is 551. The third-order valence-electron chi connectivity index (χ3n) is 2.55. The van der Waals surface area contributed by atoms with Crippen LogP contribution >= 0.6 is 15.9 Å². The number of aryl methyl sites for hydroxylation is 1. The van der Waals surface area contributed by atoms with E-state index in [0.717, 1.165) is 0 Å². The van der Waals surface area contributed by atoms with E-state index < -0.39 is 17.4 Å². The average molecular weight is 332 g/mol. The van der Waals surface area contributed by atoms with Crippen LogP contribution in [0.4, 0.5) is 8.78 Å². The zero-order valence-corrected chi connectivity index (χ0v) is 11.8. The molecule has 1 aromatic carbocycles. The van der Waals surface area contributed by atoms with E-state index >= 15 is 0 Å². The Hall–Kier alpha value is -1.50. The molecule has 0 saturated carbocycles. The molecule has 0 aliphatic carbocycles. The van der Waals surface area contributed by atoms with Gasteiger partial charge in [-0.2, -0.15) is 5.10 Å². The second-order valence-electron chi connectivity index (χ2n) is 3.80. The first-order chi connectivity index (χ1) is 9.15. The Labute approximate surface area is 117 Å². The Kier molecular flexibility index (Phi) is 4.47. The summed E-state index contributed by atoms with van der Waals surface area (Å²) in [4.78, 5) is 3.97. The second kappa shape index (κ2) is 6.10. The van der Waals surface area contributed by atoms with Crippen LogP contribution in [-0.4, -0.2) is 14.8 Å². The van der Waals surface area contributed by atoms with Gasteiger partial charge in [0.05, 0.1) is 0 Å².